The van der Waals surface area contributed by atoms with Gasteiger partial charge in [-0.1, -0.05) is 13.8 Å². The van der Waals surface area contributed by atoms with Crippen molar-refractivity contribution < 1.29 is 13.6 Å². The first kappa shape index (κ1) is 13.3. The van der Waals surface area contributed by atoms with Crippen molar-refractivity contribution in [3.8, 4) is 0 Å². The first-order chi connectivity index (χ1) is 4.86. The Labute approximate surface area is 69.6 Å². The van der Waals surface area contributed by atoms with E-state index in [1.54, 1.807) is 6.92 Å². The molecule has 0 aromatic rings. The molecule has 0 aliphatic carbocycles. The van der Waals surface area contributed by atoms with E-state index in [9.17, 15) is 4.79 Å². The van der Waals surface area contributed by atoms with Gasteiger partial charge < -0.3 is 9.35 Å². The van der Waals surface area contributed by atoms with Crippen molar-refractivity contribution in [2.24, 2.45) is 11.1 Å². The molecular formula is C6H14NO3S-. The normalized spacial score (nSPS) is 11.8. The van der Waals surface area contributed by atoms with E-state index in [1.165, 1.54) is 0 Å². The van der Waals surface area contributed by atoms with Crippen molar-refractivity contribution in [2.45, 2.75) is 27.2 Å². The molecule has 0 aliphatic rings. The Morgan fingerprint density at radius 2 is 1.91 bits per heavy atom. The van der Waals surface area contributed by atoms with E-state index >= 15 is 0 Å². The Morgan fingerprint density at radius 1 is 1.64 bits per heavy atom. The molecule has 1 unspecified atom stereocenters. The lowest BCUT2D eigenvalue weighted by Crippen LogP contribution is -1.97. The average Bonchev–Trinajstić information content (AvgIpc) is 1.56. The lowest BCUT2D eigenvalue weighted by Gasteiger charge is -1.95. The van der Waals surface area contributed by atoms with Crippen molar-refractivity contribution in [1.29, 1.82) is 0 Å². The van der Waals surface area contributed by atoms with Gasteiger partial charge in [0.15, 0.2) is 0 Å². The fraction of sp³-hybridized carbons (Fsp3) is 0.833. The van der Waals surface area contributed by atoms with Crippen LogP contribution in [-0.4, -0.2) is 14.5 Å². The Kier molecular flexibility index (Phi) is 9.51. The molecule has 0 amide bonds. The third-order valence-corrected chi connectivity index (χ3v) is 0.696. The van der Waals surface area contributed by atoms with Gasteiger partial charge >= 0.3 is 0 Å². The molecule has 68 valence electrons. The summed E-state index contributed by atoms with van der Waals surface area (Å²) in [7, 11) is 0. The molecule has 1 atom stereocenters. The Morgan fingerprint density at radius 3 is 1.91 bits per heavy atom. The Bertz CT molecular complexity index is 132. The van der Waals surface area contributed by atoms with Crippen LogP contribution in [0, 0.1) is 5.92 Å². The van der Waals surface area contributed by atoms with Crippen LogP contribution in [0.1, 0.15) is 27.2 Å². The largest absolute Gasteiger partial charge is 0.760 e. The third-order valence-electron chi connectivity index (χ3n) is 0.696. The van der Waals surface area contributed by atoms with Gasteiger partial charge in [-0.25, -0.2) is 0 Å². The van der Waals surface area contributed by atoms with Crippen LogP contribution >= 0.6 is 0 Å². The molecular weight excluding hydrogens is 166 g/mol. The molecule has 0 saturated carbocycles. The average molecular weight is 180 g/mol. The van der Waals surface area contributed by atoms with Crippen LogP contribution < -0.4 is 5.14 Å². The zero-order valence-electron chi connectivity index (χ0n) is 6.99. The van der Waals surface area contributed by atoms with Crippen molar-refractivity contribution in [3.63, 3.8) is 0 Å². The molecule has 0 aromatic heterocycles. The maximum Gasteiger partial charge on any atom is 0.130 e. The predicted octanol–water partition coefficient (Wildman–Crippen LogP) is 0.361. The second kappa shape index (κ2) is 7.84. The molecule has 0 bridgehead atoms. The zero-order valence-corrected chi connectivity index (χ0v) is 7.81. The van der Waals surface area contributed by atoms with Gasteiger partial charge in [-0.05, 0) is 12.8 Å². The number of hydrogen-bond acceptors (Lipinski definition) is 3. The number of nitrogens with two attached hydrogens (primary N) is 1. The second-order valence-corrected chi connectivity index (χ2v) is 3.08. The number of hydrogen-bond donors (Lipinski definition) is 1. The standard InChI is InChI=1S/C6H12O.H3NO2S/c1-5(2)4-6(3)7;1-4(2)3/h5H,4H2,1-3H3;1H2,(H,2,3)/p-1. The molecule has 11 heavy (non-hydrogen) atoms. The molecule has 0 aromatic carbocycles. The van der Waals surface area contributed by atoms with E-state index in [0.717, 1.165) is 6.42 Å². The summed E-state index contributed by atoms with van der Waals surface area (Å²) in [5, 5.41) is 4.03. The number of ketones is 1. The zero-order chi connectivity index (χ0) is 9.44. The maximum absolute atomic E-state index is 10.3. The van der Waals surface area contributed by atoms with Crippen LogP contribution in [-0.2, 0) is 16.1 Å². The van der Waals surface area contributed by atoms with E-state index < -0.39 is 11.3 Å². The summed E-state index contributed by atoms with van der Waals surface area (Å²) < 4.78 is 17.6. The lowest BCUT2D eigenvalue weighted by atomic mass is 10.1. The summed E-state index contributed by atoms with van der Waals surface area (Å²) in [6, 6.07) is 0. The lowest BCUT2D eigenvalue weighted by molar-refractivity contribution is -0.117. The Hall–Kier alpha value is -0.260. The number of rotatable bonds is 2. The summed E-state index contributed by atoms with van der Waals surface area (Å²) in [6.07, 6.45) is 0.722. The van der Waals surface area contributed by atoms with E-state index in [2.05, 4.69) is 5.14 Å². The van der Waals surface area contributed by atoms with Gasteiger partial charge in [0.2, 0.25) is 0 Å². The number of carbonyl (C=O) groups excluding carboxylic acids is 1. The predicted molar refractivity (Wildman–Crippen MR) is 43.2 cm³/mol. The minimum atomic E-state index is -2.36. The minimum Gasteiger partial charge on any atom is -0.760 e. The van der Waals surface area contributed by atoms with Crippen LogP contribution in [0.3, 0.4) is 0 Å². The molecule has 5 heteroatoms. The highest BCUT2D eigenvalue weighted by molar-refractivity contribution is 7.76. The van der Waals surface area contributed by atoms with E-state index in [0.29, 0.717) is 5.92 Å². The second-order valence-electron chi connectivity index (χ2n) is 2.56. The molecule has 0 heterocycles. The minimum absolute atomic E-state index is 0.287. The molecule has 0 radical (unpaired) electrons. The van der Waals surface area contributed by atoms with Crippen LogP contribution in [0.25, 0.3) is 0 Å². The molecule has 0 rings (SSSR count). The SMILES string of the molecule is CC(=O)CC(C)C.NS(=O)[O-]. The molecule has 0 saturated heterocycles. The van der Waals surface area contributed by atoms with Gasteiger partial charge in [0, 0.05) is 17.7 Å². The third kappa shape index (κ3) is 41.7. The quantitative estimate of drug-likeness (QED) is 0.623. The topological polar surface area (TPSA) is 83.2 Å². The summed E-state index contributed by atoms with van der Waals surface area (Å²) >= 11 is -2.36. The summed E-state index contributed by atoms with van der Waals surface area (Å²) in [4.78, 5) is 10.3. The van der Waals surface area contributed by atoms with Crippen molar-refractivity contribution in [1.82, 2.24) is 0 Å². The summed E-state index contributed by atoms with van der Waals surface area (Å²) in [6.45, 7) is 5.71. The number of carbonyl (C=O) groups is 1. The first-order valence-electron chi connectivity index (χ1n) is 3.19. The van der Waals surface area contributed by atoms with Gasteiger partial charge in [0.05, 0.1) is 0 Å². The van der Waals surface area contributed by atoms with Crippen LogP contribution in [0.4, 0.5) is 0 Å². The monoisotopic (exact) mass is 180 g/mol. The van der Waals surface area contributed by atoms with Gasteiger partial charge in [-0.15, -0.1) is 0 Å². The van der Waals surface area contributed by atoms with E-state index in [-0.39, 0.29) is 5.78 Å². The molecule has 4 nitrogen and oxygen atoms in total. The molecule has 0 aliphatic heterocycles. The van der Waals surface area contributed by atoms with Crippen molar-refractivity contribution in [2.75, 3.05) is 0 Å². The first-order valence-corrected chi connectivity index (χ1v) is 4.33. The highest BCUT2D eigenvalue weighted by atomic mass is 32.2. The molecule has 0 spiro atoms. The highest BCUT2D eigenvalue weighted by Gasteiger charge is 1.95. The van der Waals surface area contributed by atoms with Gasteiger partial charge in [0.1, 0.15) is 5.78 Å². The van der Waals surface area contributed by atoms with Crippen LogP contribution in [0.5, 0.6) is 0 Å². The smallest absolute Gasteiger partial charge is 0.130 e. The van der Waals surface area contributed by atoms with Gasteiger partial charge in [0.25, 0.3) is 0 Å². The molecule has 2 N–H and O–H groups in total. The van der Waals surface area contributed by atoms with Crippen molar-refractivity contribution in [3.05, 3.63) is 0 Å². The fourth-order valence-electron chi connectivity index (χ4n) is 0.575. The van der Waals surface area contributed by atoms with Gasteiger partial charge in [-0.2, -0.15) is 0 Å². The van der Waals surface area contributed by atoms with Crippen molar-refractivity contribution >= 4 is 17.0 Å². The fourth-order valence-corrected chi connectivity index (χ4v) is 0.575. The van der Waals surface area contributed by atoms with Crippen LogP contribution in [0.15, 0.2) is 0 Å². The summed E-state index contributed by atoms with van der Waals surface area (Å²) in [5.74, 6) is 0.813. The van der Waals surface area contributed by atoms with E-state index in [1.807, 2.05) is 13.8 Å². The Balaban J connectivity index is 0. The van der Waals surface area contributed by atoms with Gasteiger partial charge in [-0.3, -0.25) is 9.35 Å². The van der Waals surface area contributed by atoms with E-state index in [4.69, 9.17) is 8.76 Å². The number of Topliss-reactive ketones (excluding diaryl/α,β-unsaturated/α-hetero) is 1. The highest BCUT2D eigenvalue weighted by Crippen LogP contribution is 1.97. The van der Waals surface area contributed by atoms with Crippen LogP contribution in [0.2, 0.25) is 0 Å². The molecule has 0 fully saturated rings. The maximum atomic E-state index is 10.3. The summed E-state index contributed by atoms with van der Waals surface area (Å²) in [5.41, 5.74) is 0.